The van der Waals surface area contributed by atoms with Crippen molar-refractivity contribution in [3.63, 3.8) is 0 Å². The maximum atomic E-state index is 12.4. The van der Waals surface area contributed by atoms with E-state index in [-0.39, 0.29) is 18.0 Å². The van der Waals surface area contributed by atoms with Crippen molar-refractivity contribution in [1.82, 2.24) is 20.3 Å². The summed E-state index contributed by atoms with van der Waals surface area (Å²) < 4.78 is 6.30. The maximum Gasteiger partial charge on any atom is 0.278 e. The molecule has 0 aliphatic rings. The lowest BCUT2D eigenvalue weighted by Gasteiger charge is -2.08. The van der Waals surface area contributed by atoms with Crippen LogP contribution in [0.2, 0.25) is 0 Å². The molecule has 0 saturated heterocycles. The molecule has 0 unspecified atom stereocenters. The number of aromatic nitrogens is 3. The predicted molar refractivity (Wildman–Crippen MR) is 106 cm³/mol. The topological polar surface area (TPSA) is 86.1 Å². The summed E-state index contributed by atoms with van der Waals surface area (Å²) in [6.45, 7) is 0.179. The number of nitrogens with one attached hydrogen (secondary N) is 1. The van der Waals surface area contributed by atoms with E-state index in [1.165, 1.54) is 0 Å². The Kier molecular flexibility index (Phi) is 4.72. The minimum Gasteiger partial charge on any atom is -0.497 e. The standard InChI is InChI=1S/C21H18N4O3/c1-28-17-9-8-15-10-14(6-7-16(15)11-17)12-22-20(26)13-25-21(27)18-4-2-3-5-19(18)23-24-25/h2-11H,12-13H2,1H3,(H,22,26). The number of hydrogen-bond acceptors (Lipinski definition) is 5. The molecule has 3 aromatic carbocycles. The third-order valence-electron chi connectivity index (χ3n) is 4.52. The molecule has 0 saturated carbocycles. The van der Waals surface area contributed by atoms with Crippen molar-refractivity contribution in [1.29, 1.82) is 0 Å². The highest BCUT2D eigenvalue weighted by atomic mass is 16.5. The van der Waals surface area contributed by atoms with E-state index in [9.17, 15) is 9.59 Å². The van der Waals surface area contributed by atoms with E-state index >= 15 is 0 Å². The van der Waals surface area contributed by atoms with E-state index in [0.29, 0.717) is 17.4 Å². The van der Waals surface area contributed by atoms with Gasteiger partial charge in [0.25, 0.3) is 5.56 Å². The Morgan fingerprint density at radius 1 is 1.07 bits per heavy atom. The van der Waals surface area contributed by atoms with Gasteiger partial charge in [-0.25, -0.2) is 4.68 Å². The molecule has 0 aliphatic carbocycles. The lowest BCUT2D eigenvalue weighted by molar-refractivity contribution is -0.122. The Morgan fingerprint density at radius 2 is 1.86 bits per heavy atom. The minimum absolute atomic E-state index is 0.179. The van der Waals surface area contributed by atoms with Gasteiger partial charge in [-0.15, -0.1) is 5.10 Å². The third kappa shape index (κ3) is 3.55. The number of nitrogens with zero attached hydrogens (tertiary/aromatic N) is 3. The molecule has 0 bridgehead atoms. The quantitative estimate of drug-likeness (QED) is 0.579. The first kappa shape index (κ1) is 17.7. The van der Waals surface area contributed by atoms with E-state index in [2.05, 4.69) is 15.6 Å². The number of ether oxygens (including phenoxy) is 1. The van der Waals surface area contributed by atoms with Crippen molar-refractivity contribution in [2.24, 2.45) is 0 Å². The highest BCUT2D eigenvalue weighted by molar-refractivity contribution is 5.84. The Hall–Kier alpha value is -3.74. The molecular formula is C21H18N4O3. The summed E-state index contributed by atoms with van der Waals surface area (Å²) >= 11 is 0. The number of carbonyl (C=O) groups excluding carboxylic acids is 1. The number of methoxy groups -OCH3 is 1. The second-order valence-corrected chi connectivity index (χ2v) is 6.39. The average molecular weight is 374 g/mol. The van der Waals surface area contributed by atoms with Crippen LogP contribution in [-0.4, -0.2) is 28.0 Å². The molecule has 1 heterocycles. The number of carbonyl (C=O) groups is 1. The Labute approximate surface area is 160 Å². The lowest BCUT2D eigenvalue weighted by Crippen LogP contribution is -2.34. The highest BCUT2D eigenvalue weighted by Gasteiger charge is 2.09. The zero-order valence-corrected chi connectivity index (χ0v) is 15.3. The van der Waals surface area contributed by atoms with Crippen LogP contribution in [0.4, 0.5) is 0 Å². The maximum absolute atomic E-state index is 12.4. The van der Waals surface area contributed by atoms with Gasteiger partial charge in [-0.3, -0.25) is 9.59 Å². The van der Waals surface area contributed by atoms with Crippen molar-refractivity contribution >= 4 is 27.6 Å². The number of benzene rings is 3. The molecule has 4 rings (SSSR count). The average Bonchev–Trinajstić information content (AvgIpc) is 2.74. The number of fused-ring (bicyclic) bond motifs is 2. The molecule has 0 atom stereocenters. The van der Waals surface area contributed by atoms with Gasteiger partial charge in [-0.1, -0.05) is 35.5 Å². The fraction of sp³-hybridized carbons (Fsp3) is 0.143. The van der Waals surface area contributed by atoms with Crippen LogP contribution >= 0.6 is 0 Å². The van der Waals surface area contributed by atoms with Gasteiger partial charge in [0.1, 0.15) is 17.8 Å². The highest BCUT2D eigenvalue weighted by Crippen LogP contribution is 2.21. The van der Waals surface area contributed by atoms with Crippen molar-refractivity contribution in [2.45, 2.75) is 13.1 Å². The zero-order chi connectivity index (χ0) is 19.5. The first-order valence-corrected chi connectivity index (χ1v) is 8.80. The van der Waals surface area contributed by atoms with Crippen LogP contribution in [0.3, 0.4) is 0 Å². The van der Waals surface area contributed by atoms with E-state index in [1.54, 1.807) is 31.4 Å². The molecule has 1 amide bonds. The molecule has 0 fully saturated rings. The molecule has 0 radical (unpaired) electrons. The molecule has 1 aromatic heterocycles. The van der Waals surface area contributed by atoms with Crippen molar-refractivity contribution < 1.29 is 9.53 Å². The van der Waals surface area contributed by atoms with Crippen molar-refractivity contribution in [3.05, 3.63) is 76.6 Å². The van der Waals surface area contributed by atoms with Gasteiger partial charge in [-0.05, 0) is 46.7 Å². The molecule has 28 heavy (non-hydrogen) atoms. The first-order chi connectivity index (χ1) is 13.6. The summed E-state index contributed by atoms with van der Waals surface area (Å²) in [5.41, 5.74) is 1.14. The second-order valence-electron chi connectivity index (χ2n) is 6.39. The van der Waals surface area contributed by atoms with E-state index in [1.807, 2.05) is 36.4 Å². The Balaban J connectivity index is 1.45. The molecule has 0 aliphatic heterocycles. The van der Waals surface area contributed by atoms with Crippen LogP contribution in [0, 0.1) is 0 Å². The molecule has 0 spiro atoms. The van der Waals surface area contributed by atoms with E-state index < -0.39 is 0 Å². The van der Waals surface area contributed by atoms with Crippen LogP contribution in [0.15, 0.2) is 65.5 Å². The van der Waals surface area contributed by atoms with Crippen LogP contribution in [0.25, 0.3) is 21.7 Å². The lowest BCUT2D eigenvalue weighted by atomic mass is 10.1. The van der Waals surface area contributed by atoms with Gasteiger partial charge in [0.05, 0.1) is 12.5 Å². The number of hydrogen-bond donors (Lipinski definition) is 1. The van der Waals surface area contributed by atoms with Gasteiger partial charge in [0.2, 0.25) is 5.91 Å². The monoisotopic (exact) mass is 374 g/mol. The predicted octanol–water partition coefficient (Wildman–Crippen LogP) is 2.27. The summed E-state index contributed by atoms with van der Waals surface area (Å²) in [6.07, 6.45) is 0. The van der Waals surface area contributed by atoms with Crippen LogP contribution in [0.5, 0.6) is 5.75 Å². The van der Waals surface area contributed by atoms with E-state index in [0.717, 1.165) is 26.8 Å². The van der Waals surface area contributed by atoms with Crippen molar-refractivity contribution in [3.8, 4) is 5.75 Å². The molecule has 1 N–H and O–H groups in total. The van der Waals surface area contributed by atoms with Gasteiger partial charge in [0, 0.05) is 6.54 Å². The normalized spacial score (nSPS) is 10.9. The fourth-order valence-electron chi connectivity index (χ4n) is 3.03. The second kappa shape index (κ2) is 7.48. The van der Waals surface area contributed by atoms with Gasteiger partial charge in [0.15, 0.2) is 0 Å². The minimum atomic E-state index is -0.333. The molecular weight excluding hydrogens is 356 g/mol. The molecule has 7 heteroatoms. The Bertz CT molecular complexity index is 1230. The zero-order valence-electron chi connectivity index (χ0n) is 15.3. The van der Waals surface area contributed by atoms with Gasteiger partial charge >= 0.3 is 0 Å². The SMILES string of the molecule is COc1ccc2cc(CNC(=O)Cn3nnc4ccccc4c3=O)ccc2c1. The van der Waals surface area contributed by atoms with Gasteiger partial charge < -0.3 is 10.1 Å². The van der Waals surface area contributed by atoms with Gasteiger partial charge in [-0.2, -0.15) is 0 Å². The smallest absolute Gasteiger partial charge is 0.278 e. The third-order valence-corrected chi connectivity index (χ3v) is 4.52. The molecule has 140 valence electrons. The number of rotatable bonds is 5. The van der Waals surface area contributed by atoms with Crippen LogP contribution in [-0.2, 0) is 17.9 Å². The van der Waals surface area contributed by atoms with E-state index in [4.69, 9.17) is 4.74 Å². The summed E-state index contributed by atoms with van der Waals surface area (Å²) in [7, 11) is 1.64. The van der Waals surface area contributed by atoms with Crippen molar-refractivity contribution in [2.75, 3.05) is 7.11 Å². The number of amides is 1. The molecule has 7 nitrogen and oxygen atoms in total. The first-order valence-electron chi connectivity index (χ1n) is 8.80. The largest absolute Gasteiger partial charge is 0.497 e. The molecule has 4 aromatic rings. The summed E-state index contributed by atoms with van der Waals surface area (Å²) in [5.74, 6) is 0.497. The summed E-state index contributed by atoms with van der Waals surface area (Å²) in [6, 6.07) is 18.7. The Morgan fingerprint density at radius 3 is 2.71 bits per heavy atom. The van der Waals surface area contributed by atoms with Crippen LogP contribution in [0.1, 0.15) is 5.56 Å². The fourth-order valence-corrected chi connectivity index (χ4v) is 3.03. The summed E-state index contributed by atoms with van der Waals surface area (Å²) in [5, 5.41) is 13.2. The summed E-state index contributed by atoms with van der Waals surface area (Å²) in [4.78, 5) is 24.7. The van der Waals surface area contributed by atoms with Crippen LogP contribution < -0.4 is 15.6 Å².